The minimum absolute atomic E-state index is 0. The number of carbonyl (C=O) groups is 1. The van der Waals surface area contributed by atoms with Gasteiger partial charge in [-0.3, -0.25) is 11.8 Å². The molecule has 0 saturated carbocycles. The molecule has 0 heterocycles. The van der Waals surface area contributed by atoms with Crippen molar-refractivity contribution in [1.29, 1.82) is 0 Å². The fourth-order valence-electron chi connectivity index (χ4n) is 9.75. The van der Waals surface area contributed by atoms with E-state index in [2.05, 4.69) is 7.05 Å². The van der Waals surface area contributed by atoms with Crippen molar-refractivity contribution in [2.24, 2.45) is 11.8 Å². The molecule has 0 fully saturated rings. The summed E-state index contributed by atoms with van der Waals surface area (Å²) in [6.07, 6.45) is 3.17. The summed E-state index contributed by atoms with van der Waals surface area (Å²) >= 11 is 0. The maximum atomic E-state index is 15.6. The van der Waals surface area contributed by atoms with E-state index in [4.69, 9.17) is 139 Å². The minimum atomic E-state index is -3.81. The number of carbonyl (C=O) groups excluding carboxylic acids is 1. The van der Waals surface area contributed by atoms with Gasteiger partial charge in [-0.05, 0) is 88.5 Å². The summed E-state index contributed by atoms with van der Waals surface area (Å²) < 4.78 is 191. The Balaban J connectivity index is 0. The Hall–Kier alpha value is -0.207. The Morgan fingerprint density at radius 3 is 0.565 bits per heavy atom. The zero-order chi connectivity index (χ0) is 70.1. The van der Waals surface area contributed by atoms with Crippen LogP contribution < -0.4 is 0 Å². The van der Waals surface area contributed by atoms with Crippen molar-refractivity contribution in [3.63, 3.8) is 0 Å². The Bertz CT molecular complexity index is 1670. The predicted molar refractivity (Wildman–Crippen MR) is 350 cm³/mol. The monoisotopic (exact) mass is 1800 g/mol. The summed E-state index contributed by atoms with van der Waals surface area (Å²) in [7, 11) is -6.10. The van der Waals surface area contributed by atoms with Gasteiger partial charge in [-0.15, -0.1) is 0 Å². The molecule has 0 unspecified atom stereocenters. The van der Waals surface area contributed by atoms with E-state index in [1.807, 2.05) is 13.1 Å². The summed E-state index contributed by atoms with van der Waals surface area (Å²) in [5, 5.41) is 0. The van der Waals surface area contributed by atoms with Crippen molar-refractivity contribution in [3.05, 3.63) is 7.05 Å². The molecule has 0 N–H and O–H groups in total. The first-order valence-electron chi connectivity index (χ1n) is 28.8. The zero-order valence-corrected chi connectivity index (χ0v) is 78.6. The van der Waals surface area contributed by atoms with Gasteiger partial charge in [0.2, 0.25) is 0 Å². The van der Waals surface area contributed by atoms with E-state index < -0.39 is 113 Å². The molecule has 1 amide bonds. The van der Waals surface area contributed by atoms with Crippen LogP contribution in [0.5, 0.6) is 0 Å². The molecule has 92 heavy (non-hydrogen) atoms. The van der Waals surface area contributed by atoms with Gasteiger partial charge in [-0.2, -0.15) is 0 Å². The SMILES string of the molecule is [CH2-]N(CC(CCC[Si](C)(O[Si](OC)(OC)OC)O[Si](OC)(OC)OC)CCC[Si](C)(O[Si](OC)(OC)OC)O[Si](OC)(OC)OC)C(=O)C(CCC[Si](C)(O[Si](OC)(OC)OC)O[Si](OC)(OC)OC)CCC[Si](C)(O[Si](OC)(OC)OC)O[Si](OC)(OC)OC.[Rf]. The second-order valence-electron chi connectivity index (χ2n) is 20.4. The van der Waals surface area contributed by atoms with Crippen LogP contribution in [-0.4, -0.2) is 295 Å². The maximum absolute atomic E-state index is 15.6. The van der Waals surface area contributed by atoms with Gasteiger partial charge in [0.25, 0.3) is 0 Å². The van der Waals surface area contributed by atoms with Gasteiger partial charge in [-0.1, -0.05) is 25.7 Å². The summed E-state index contributed by atoms with van der Waals surface area (Å²) in [5.74, 6) is -1.24. The fraction of sp³-hybridized carbons (Fsp3) is 0.956. The number of amides is 1. The van der Waals surface area contributed by atoms with Crippen LogP contribution in [0.15, 0.2) is 0 Å². The van der Waals surface area contributed by atoms with Crippen LogP contribution in [0.3, 0.4) is 0 Å². The van der Waals surface area contributed by atoms with Crippen molar-refractivity contribution >= 4 is 113 Å². The second-order valence-corrected chi connectivity index (χ2v) is 55.8. The number of hydrogen-bond acceptors (Lipinski definition) is 33. The van der Waals surface area contributed by atoms with E-state index >= 15 is 4.79 Å². The summed E-state index contributed by atoms with van der Waals surface area (Å²) in [6.45, 7) is 7.39. The van der Waals surface area contributed by atoms with Gasteiger partial charge in [0, 0.05) is 177 Å². The summed E-state index contributed by atoms with van der Waals surface area (Å²) in [5.41, 5.74) is 0. The van der Waals surface area contributed by atoms with E-state index in [1.54, 1.807) is 13.1 Å². The van der Waals surface area contributed by atoms with Crippen molar-refractivity contribution in [2.45, 2.75) is 102 Å². The van der Waals surface area contributed by atoms with Gasteiger partial charge in [-0.25, -0.2) is 0 Å². The number of nitrogens with zero attached hydrogens (tertiary/aromatic N) is 1. The van der Waals surface area contributed by atoms with Crippen LogP contribution in [0.2, 0.25) is 50.4 Å². The van der Waals surface area contributed by atoms with Crippen molar-refractivity contribution in [3.8, 4) is 0 Å². The largest absolute Gasteiger partial charge is 0.669 e. The molecule has 0 bridgehead atoms. The first-order chi connectivity index (χ1) is 42.8. The van der Waals surface area contributed by atoms with Crippen LogP contribution in [0, 0.1) is 18.9 Å². The molecule has 34 nitrogen and oxygen atoms in total. The molecule has 0 saturated heterocycles. The first-order valence-corrected chi connectivity index (χ1v) is 51.9. The molecule has 0 aliphatic heterocycles. The molecular weight excluding hydrogens is 1690 g/mol. The zero-order valence-electron chi connectivity index (χ0n) is 60.2. The number of rotatable bonds is 59. The molecule has 0 spiro atoms. The molecule has 0 aromatic heterocycles. The topological polar surface area (TPSA) is 316 Å². The Kier molecular flexibility index (Phi) is 45.0. The van der Waals surface area contributed by atoms with E-state index in [0.29, 0.717) is 50.6 Å². The Morgan fingerprint density at radius 2 is 0.424 bits per heavy atom. The molecule has 0 atom stereocenters. The normalized spacial score (nSPS) is 14.1. The predicted octanol–water partition coefficient (Wildman–Crippen LogP) is 4.38. The van der Waals surface area contributed by atoms with E-state index in [0.717, 1.165) is 0 Å². The van der Waals surface area contributed by atoms with Gasteiger partial charge in [0.05, 0.1) is 0 Å². The Labute approximate surface area is 556 Å². The van der Waals surface area contributed by atoms with E-state index in [1.165, 1.54) is 176 Å². The molecule has 0 rings (SSSR count). The fourth-order valence-corrected chi connectivity index (χ4v) is 47.5. The third-order valence-corrected chi connectivity index (χ3v) is 53.6. The molecule has 0 aromatic rings. The molecule has 548 valence electrons. The maximum Gasteiger partial charge on any atom is 0.669 e. The molecule has 47 heteroatoms. The van der Waals surface area contributed by atoms with Crippen LogP contribution in [-0.2, 0) is 144 Å². The van der Waals surface area contributed by atoms with Crippen LogP contribution in [0.4, 0.5) is 0 Å². The van der Waals surface area contributed by atoms with Crippen LogP contribution in [0.25, 0.3) is 0 Å². The molecule has 0 aromatic carbocycles. The third kappa shape index (κ3) is 27.7. The number of hydrogen-bond donors (Lipinski definition) is 0. The molecule has 0 aliphatic rings. The standard InChI is InChI=1S/C45H114NO33Si12.Rf/c1-46(42-43(34-30-38-80(26,72-84(48-2,49-3)50-4)73-85(51-5,52-6)53-7)35-31-39-81(27,74-86(54-8,55-9)56-10)75-87(57-11,58-12)59-13)45(47)44(36-32-40-82(28,76-88(60-14,61-15)62-16)77-89(63-17,64-18)65-19)37-33-41-83(29,78-90(66-20,67-21)68-22)79-91(69-23,70-24)71-25;/h43-44H,1,30-42H2,2-29H3;/q-1;. The van der Waals surface area contributed by atoms with Crippen molar-refractivity contribution < 1.29 is 144 Å². The summed E-state index contributed by atoms with van der Waals surface area (Å²) in [4.78, 5) is 17.1. The summed E-state index contributed by atoms with van der Waals surface area (Å²) in [6, 6.07) is 1.12. The third-order valence-electron chi connectivity index (χ3n) is 14.7. The minimum Gasteiger partial charge on any atom is -0.495 e. The van der Waals surface area contributed by atoms with E-state index in [9.17, 15) is 0 Å². The van der Waals surface area contributed by atoms with E-state index in [-0.39, 0.29) is 43.3 Å². The van der Waals surface area contributed by atoms with Gasteiger partial charge in [0.1, 0.15) is 0 Å². The molecule has 0 radical (unpaired) electrons. The molecular formula is C45H114NO33RfSi12-. The van der Waals surface area contributed by atoms with Gasteiger partial charge < -0.3 is 144 Å². The molecule has 0 aliphatic carbocycles. The second kappa shape index (κ2) is 44.1. The van der Waals surface area contributed by atoms with Crippen molar-refractivity contribution in [2.75, 3.05) is 177 Å². The smallest absolute Gasteiger partial charge is 0.495 e. The quantitative estimate of drug-likeness (QED) is 0.0602. The Morgan fingerprint density at radius 1 is 0.283 bits per heavy atom. The average Bonchev–Trinajstić information content (AvgIpc) is 0.863. The van der Waals surface area contributed by atoms with Gasteiger partial charge >= 0.3 is 107 Å². The average molecular weight is 1800 g/mol. The van der Waals surface area contributed by atoms with Gasteiger partial charge in [0.15, 0.2) is 5.91 Å². The first kappa shape index (κ1) is 93.8. The van der Waals surface area contributed by atoms with Crippen LogP contribution >= 0.6 is 0 Å². The van der Waals surface area contributed by atoms with Crippen LogP contribution in [0.1, 0.15) is 51.4 Å². The van der Waals surface area contributed by atoms with Crippen molar-refractivity contribution in [1.82, 2.24) is 4.90 Å².